The van der Waals surface area contributed by atoms with Gasteiger partial charge in [-0.1, -0.05) is 5.16 Å². The molecule has 0 aliphatic heterocycles. The Balaban J connectivity index is 2.14. The Hall–Kier alpha value is -1.93. The second-order valence-corrected chi connectivity index (χ2v) is 4.96. The topological polar surface area (TPSA) is 105 Å². The maximum Gasteiger partial charge on any atom is 0.247 e. The van der Waals surface area contributed by atoms with E-state index in [0.717, 1.165) is 12.3 Å². The lowest BCUT2D eigenvalue weighted by molar-refractivity contribution is 0.380. The summed E-state index contributed by atoms with van der Waals surface area (Å²) in [5.74, 6) is 0.401. The maximum absolute atomic E-state index is 11.7. The highest BCUT2D eigenvalue weighted by Crippen LogP contribution is 2.05. The first-order valence-corrected chi connectivity index (χ1v) is 6.14. The predicted molar refractivity (Wildman–Crippen MR) is 57.6 cm³/mol. The molecule has 8 heteroatoms. The number of nitrogens with one attached hydrogen (secondary N) is 2. The Morgan fingerprint density at radius 3 is 2.76 bits per heavy atom. The van der Waals surface area contributed by atoms with Crippen LogP contribution in [0.4, 0.5) is 0 Å². The van der Waals surface area contributed by atoms with E-state index in [1.807, 2.05) is 0 Å². The van der Waals surface area contributed by atoms with Crippen LogP contribution in [0.15, 0.2) is 44.8 Å². The number of H-pyrrole nitrogens is 1. The molecule has 0 saturated carbocycles. The summed E-state index contributed by atoms with van der Waals surface area (Å²) in [6.45, 7) is 0.00145. The molecular formula is C9H9N3O4S. The monoisotopic (exact) mass is 255 g/mol. The van der Waals surface area contributed by atoms with Gasteiger partial charge in [-0.3, -0.25) is 4.79 Å². The third-order valence-corrected chi connectivity index (χ3v) is 3.39. The predicted octanol–water partition coefficient (Wildman–Crippen LogP) is -0.159. The first-order chi connectivity index (χ1) is 8.08. The first-order valence-electron chi connectivity index (χ1n) is 4.66. The molecule has 17 heavy (non-hydrogen) atoms. The van der Waals surface area contributed by atoms with E-state index in [-0.39, 0.29) is 17.0 Å². The number of hydrogen-bond donors (Lipinski definition) is 2. The average Bonchev–Trinajstić information content (AvgIpc) is 2.80. The summed E-state index contributed by atoms with van der Waals surface area (Å²) < 4.78 is 30.5. The minimum absolute atomic E-state index is 0.00145. The lowest BCUT2D eigenvalue weighted by atomic mass is 10.5. The summed E-state index contributed by atoms with van der Waals surface area (Å²) in [7, 11) is -3.66. The van der Waals surface area contributed by atoms with E-state index in [2.05, 4.69) is 14.9 Å². The van der Waals surface area contributed by atoms with Gasteiger partial charge in [-0.05, 0) is 6.07 Å². The van der Waals surface area contributed by atoms with Gasteiger partial charge in [-0.25, -0.2) is 13.1 Å². The average molecular weight is 255 g/mol. The number of aromatic nitrogens is 2. The van der Waals surface area contributed by atoms with Gasteiger partial charge in [0.25, 0.3) is 0 Å². The molecule has 2 N–H and O–H groups in total. The Labute approximate surface area is 96.5 Å². The van der Waals surface area contributed by atoms with E-state index >= 15 is 0 Å². The Morgan fingerprint density at radius 2 is 2.18 bits per heavy atom. The molecule has 90 valence electrons. The molecule has 0 aliphatic carbocycles. The second kappa shape index (κ2) is 4.52. The highest BCUT2D eigenvalue weighted by atomic mass is 32.2. The van der Waals surface area contributed by atoms with Gasteiger partial charge < -0.3 is 9.51 Å². The molecule has 0 aromatic carbocycles. The van der Waals surface area contributed by atoms with Crippen molar-refractivity contribution in [1.29, 1.82) is 0 Å². The second-order valence-electron chi connectivity index (χ2n) is 3.19. The van der Waals surface area contributed by atoms with Gasteiger partial charge in [0.2, 0.25) is 15.6 Å². The standard InChI is InChI=1S/C9H9N3O4S/c13-9-2-1-8(6-10-9)17(14,15)12-5-7-3-4-11-16-7/h1-4,6,12H,5H2,(H,10,13). The first kappa shape index (κ1) is 11.6. The normalized spacial score (nSPS) is 11.5. The molecule has 0 fully saturated rings. The zero-order valence-electron chi connectivity index (χ0n) is 8.58. The van der Waals surface area contributed by atoms with Crippen LogP contribution < -0.4 is 10.3 Å². The lowest BCUT2D eigenvalue weighted by Crippen LogP contribution is -2.23. The van der Waals surface area contributed by atoms with Crippen LogP contribution in [0.1, 0.15) is 5.76 Å². The number of sulfonamides is 1. The minimum atomic E-state index is -3.66. The summed E-state index contributed by atoms with van der Waals surface area (Å²) in [4.78, 5) is 13.1. The van der Waals surface area contributed by atoms with Crippen LogP contribution in [-0.2, 0) is 16.6 Å². The van der Waals surface area contributed by atoms with Crippen molar-refractivity contribution in [3.8, 4) is 0 Å². The van der Waals surface area contributed by atoms with Crippen LogP contribution in [0.3, 0.4) is 0 Å². The van der Waals surface area contributed by atoms with E-state index in [1.165, 1.54) is 12.3 Å². The van der Waals surface area contributed by atoms with Crippen LogP contribution in [0.2, 0.25) is 0 Å². The zero-order chi connectivity index (χ0) is 12.3. The van der Waals surface area contributed by atoms with Gasteiger partial charge in [0.05, 0.1) is 17.6 Å². The summed E-state index contributed by atoms with van der Waals surface area (Å²) >= 11 is 0. The fourth-order valence-electron chi connectivity index (χ4n) is 1.15. The van der Waals surface area contributed by atoms with E-state index < -0.39 is 10.0 Å². The number of rotatable bonds is 4. The fourth-order valence-corrected chi connectivity index (χ4v) is 2.11. The molecule has 2 heterocycles. The van der Waals surface area contributed by atoms with Crippen molar-refractivity contribution in [3.63, 3.8) is 0 Å². The van der Waals surface area contributed by atoms with Crippen molar-refractivity contribution < 1.29 is 12.9 Å². The van der Waals surface area contributed by atoms with Crippen LogP contribution in [0.25, 0.3) is 0 Å². The van der Waals surface area contributed by atoms with Crippen molar-refractivity contribution in [2.24, 2.45) is 0 Å². The summed E-state index contributed by atoms with van der Waals surface area (Å²) in [6, 6.07) is 3.92. The van der Waals surface area contributed by atoms with Crippen molar-refractivity contribution in [2.45, 2.75) is 11.4 Å². The highest BCUT2D eigenvalue weighted by molar-refractivity contribution is 7.89. The van der Waals surface area contributed by atoms with E-state index in [4.69, 9.17) is 4.52 Å². The van der Waals surface area contributed by atoms with Crippen LogP contribution in [0.5, 0.6) is 0 Å². The molecule has 0 atom stereocenters. The number of pyridine rings is 1. The van der Waals surface area contributed by atoms with Gasteiger partial charge >= 0.3 is 0 Å². The Bertz CT molecular complexity index is 625. The summed E-state index contributed by atoms with van der Waals surface area (Å²) in [6.07, 6.45) is 2.55. The minimum Gasteiger partial charge on any atom is -0.360 e. The molecule has 0 unspecified atom stereocenters. The zero-order valence-corrected chi connectivity index (χ0v) is 9.40. The quantitative estimate of drug-likeness (QED) is 0.789. The number of nitrogens with zero attached hydrogens (tertiary/aromatic N) is 1. The van der Waals surface area contributed by atoms with Gasteiger partial charge in [-0.2, -0.15) is 0 Å². The molecule has 0 spiro atoms. The number of hydrogen-bond acceptors (Lipinski definition) is 5. The summed E-state index contributed by atoms with van der Waals surface area (Å²) in [5, 5.41) is 3.45. The van der Waals surface area contributed by atoms with E-state index in [0.29, 0.717) is 5.76 Å². The molecule has 0 amide bonds. The molecule has 2 rings (SSSR count). The smallest absolute Gasteiger partial charge is 0.247 e. The molecule has 0 bridgehead atoms. The van der Waals surface area contributed by atoms with Crippen LogP contribution >= 0.6 is 0 Å². The largest absolute Gasteiger partial charge is 0.360 e. The molecule has 0 saturated heterocycles. The van der Waals surface area contributed by atoms with Crippen molar-refractivity contribution in [1.82, 2.24) is 14.9 Å². The molecule has 2 aromatic rings. The van der Waals surface area contributed by atoms with E-state index in [9.17, 15) is 13.2 Å². The summed E-state index contributed by atoms with van der Waals surface area (Å²) in [5.41, 5.74) is -0.362. The van der Waals surface area contributed by atoms with Crippen LogP contribution in [-0.4, -0.2) is 18.6 Å². The van der Waals surface area contributed by atoms with Crippen LogP contribution in [0, 0.1) is 0 Å². The van der Waals surface area contributed by atoms with Gasteiger partial charge in [-0.15, -0.1) is 0 Å². The number of aromatic amines is 1. The molecule has 7 nitrogen and oxygen atoms in total. The fraction of sp³-hybridized carbons (Fsp3) is 0.111. The molecule has 0 radical (unpaired) electrons. The Morgan fingerprint density at radius 1 is 1.35 bits per heavy atom. The molecule has 2 aromatic heterocycles. The van der Waals surface area contributed by atoms with Crippen molar-refractivity contribution in [2.75, 3.05) is 0 Å². The SMILES string of the molecule is O=c1ccc(S(=O)(=O)NCc2ccno2)c[nH]1. The van der Waals surface area contributed by atoms with Crippen molar-refractivity contribution in [3.05, 3.63) is 46.7 Å². The maximum atomic E-state index is 11.7. The van der Waals surface area contributed by atoms with Gasteiger partial charge in [0, 0.05) is 18.3 Å². The van der Waals surface area contributed by atoms with E-state index in [1.54, 1.807) is 6.07 Å². The van der Waals surface area contributed by atoms with Crippen molar-refractivity contribution >= 4 is 10.0 Å². The molecular weight excluding hydrogens is 246 g/mol. The highest BCUT2D eigenvalue weighted by Gasteiger charge is 2.14. The third kappa shape index (κ3) is 2.80. The molecule has 0 aliphatic rings. The van der Waals surface area contributed by atoms with Gasteiger partial charge in [0.15, 0.2) is 5.76 Å². The third-order valence-electron chi connectivity index (χ3n) is 1.99. The lowest BCUT2D eigenvalue weighted by Gasteiger charge is -2.03. The van der Waals surface area contributed by atoms with Gasteiger partial charge in [0.1, 0.15) is 0 Å². The Kier molecular flexibility index (Phi) is 3.07.